The van der Waals surface area contributed by atoms with Gasteiger partial charge in [0, 0.05) is 0 Å². The Balaban J connectivity index is 1.34. The first-order chi connectivity index (χ1) is 20.0. The standard InChI is InChI=1S/2C17H30OP.2ClH.Pd/c2*1-18-17(13-8-14-19,15-9-4-2-5-10-15)16-11-6-3-7-12-16;;;/h2*8,13,15-16,19H,2-7,9-12,14H2,1H3;2*1H;/q2*-1;;;+4/p-2. The Labute approximate surface area is 267 Å². The van der Waals surface area contributed by atoms with E-state index >= 15 is 0 Å². The normalized spacial score (nSPS) is 25.1. The van der Waals surface area contributed by atoms with Gasteiger partial charge >= 0.3 is 269 Å². The van der Waals surface area contributed by atoms with Crippen molar-refractivity contribution in [2.45, 2.75) is 140 Å². The molecule has 0 aromatic heterocycles. The third-order valence-electron chi connectivity index (χ3n) is 11.1. The SMILES string of the molecule is COC(C=CC[PH][Pd]([Cl])([Cl])[PH]CC=CC(OC)(C1CCCCC1)C1CCCCC1)(C1CCCCC1)C1CCCCC1. The van der Waals surface area contributed by atoms with E-state index in [1.165, 1.54) is 128 Å². The number of allylic oxidation sites excluding steroid dienone is 2. The zero-order valence-corrected chi connectivity index (χ0v) is 31.1. The fourth-order valence-corrected chi connectivity index (χ4v) is 21.0. The summed E-state index contributed by atoms with van der Waals surface area (Å²) < 4.78 is 13.0. The van der Waals surface area contributed by atoms with Crippen molar-refractivity contribution < 1.29 is 22.0 Å². The molecule has 0 aliphatic heterocycles. The molecule has 41 heavy (non-hydrogen) atoms. The topological polar surface area (TPSA) is 18.5 Å². The molecular weight excluding hydrogens is 680 g/mol. The van der Waals surface area contributed by atoms with Crippen molar-refractivity contribution in [2.24, 2.45) is 23.7 Å². The van der Waals surface area contributed by atoms with Crippen LogP contribution in [0, 0.1) is 23.7 Å². The average molecular weight is 740 g/mol. The molecule has 2 nitrogen and oxygen atoms in total. The number of ether oxygens (including phenoxy) is 2. The van der Waals surface area contributed by atoms with Crippen molar-refractivity contribution in [1.29, 1.82) is 0 Å². The molecule has 0 spiro atoms. The van der Waals surface area contributed by atoms with E-state index in [1.807, 2.05) is 14.2 Å². The molecule has 2 unspecified atom stereocenters. The number of hydrogen-bond donors (Lipinski definition) is 0. The van der Waals surface area contributed by atoms with E-state index in [0.29, 0.717) is 37.2 Å². The van der Waals surface area contributed by atoms with Crippen LogP contribution in [0.15, 0.2) is 24.3 Å². The molecule has 4 fully saturated rings. The van der Waals surface area contributed by atoms with Gasteiger partial charge in [0.25, 0.3) is 0 Å². The number of hydrogen-bond acceptors (Lipinski definition) is 2. The molecule has 4 aliphatic rings. The molecule has 2 atom stereocenters. The third kappa shape index (κ3) is 9.75. The van der Waals surface area contributed by atoms with Crippen LogP contribution in [0.5, 0.6) is 0 Å². The van der Waals surface area contributed by atoms with Gasteiger partial charge in [-0.3, -0.25) is 0 Å². The molecule has 0 saturated heterocycles. The maximum atomic E-state index is 7.11. The summed E-state index contributed by atoms with van der Waals surface area (Å²) in [6.45, 7) is 1.31. The Morgan fingerprint density at radius 2 is 0.805 bits per heavy atom. The minimum atomic E-state index is -2.39. The second-order valence-electron chi connectivity index (χ2n) is 13.3. The first-order valence-corrected chi connectivity index (χ1v) is 27.7. The second-order valence-corrected chi connectivity index (χ2v) is 36.8. The zero-order valence-electron chi connectivity index (χ0n) is 26.1. The third-order valence-corrected chi connectivity index (χ3v) is 28.4. The van der Waals surface area contributed by atoms with E-state index in [4.69, 9.17) is 28.5 Å². The second kappa shape index (κ2) is 18.0. The van der Waals surface area contributed by atoms with Crippen LogP contribution in [-0.4, -0.2) is 37.7 Å². The summed E-state index contributed by atoms with van der Waals surface area (Å²) in [7, 11) is 18.2. The van der Waals surface area contributed by atoms with E-state index in [2.05, 4.69) is 24.3 Å². The molecule has 0 aromatic rings. The summed E-state index contributed by atoms with van der Waals surface area (Å²) >= 11 is -2.39. The van der Waals surface area contributed by atoms with Gasteiger partial charge < -0.3 is 0 Å². The van der Waals surface area contributed by atoms with Gasteiger partial charge in [-0.25, -0.2) is 0 Å². The van der Waals surface area contributed by atoms with E-state index < -0.39 is 12.5 Å². The van der Waals surface area contributed by atoms with Crippen LogP contribution < -0.4 is 0 Å². The van der Waals surface area contributed by atoms with E-state index in [9.17, 15) is 0 Å². The Kier molecular flexibility index (Phi) is 15.5. The van der Waals surface area contributed by atoms with Crippen LogP contribution in [0.1, 0.15) is 128 Å². The van der Waals surface area contributed by atoms with Crippen LogP contribution in [0.3, 0.4) is 0 Å². The Morgan fingerprint density at radius 1 is 0.537 bits per heavy atom. The van der Waals surface area contributed by atoms with Gasteiger partial charge in [0.2, 0.25) is 0 Å². The van der Waals surface area contributed by atoms with Gasteiger partial charge in [0.05, 0.1) is 0 Å². The zero-order chi connectivity index (χ0) is 29.0. The monoisotopic (exact) mass is 738 g/mol. The number of methoxy groups -OCH3 is 2. The molecule has 4 aliphatic carbocycles. The Bertz CT molecular complexity index is 699. The maximum absolute atomic E-state index is 7.11. The van der Waals surface area contributed by atoms with Gasteiger partial charge in [0.15, 0.2) is 0 Å². The number of halogens is 2. The van der Waals surface area contributed by atoms with Gasteiger partial charge in [0.1, 0.15) is 0 Å². The van der Waals surface area contributed by atoms with Crippen molar-refractivity contribution >= 4 is 32.6 Å². The van der Waals surface area contributed by atoms with Gasteiger partial charge in [-0.05, 0) is 0 Å². The van der Waals surface area contributed by atoms with Crippen LogP contribution in [0.4, 0.5) is 0 Å². The van der Waals surface area contributed by atoms with Crippen LogP contribution in [-0.2, 0) is 22.0 Å². The molecule has 0 bridgehead atoms. The predicted molar refractivity (Wildman–Crippen MR) is 182 cm³/mol. The summed E-state index contributed by atoms with van der Waals surface area (Å²) in [4.78, 5) is 0. The van der Waals surface area contributed by atoms with Gasteiger partial charge in [-0.15, -0.1) is 0 Å². The van der Waals surface area contributed by atoms with Crippen LogP contribution in [0.25, 0.3) is 0 Å². The summed E-state index contributed by atoms with van der Waals surface area (Å²) in [5.74, 6) is 2.67. The fraction of sp³-hybridized carbons (Fsp3) is 0.882. The molecule has 4 rings (SSSR count). The molecule has 242 valence electrons. The van der Waals surface area contributed by atoms with E-state index in [-0.39, 0.29) is 11.2 Å². The molecule has 0 N–H and O–H groups in total. The Hall–Kier alpha value is 1.50. The van der Waals surface area contributed by atoms with Crippen molar-refractivity contribution in [2.75, 3.05) is 26.5 Å². The quantitative estimate of drug-likeness (QED) is 0.100. The summed E-state index contributed by atoms with van der Waals surface area (Å²) in [5, 5.41) is 0. The van der Waals surface area contributed by atoms with Gasteiger partial charge in [-0.1, -0.05) is 0 Å². The predicted octanol–water partition coefficient (Wildman–Crippen LogP) is 11.8. The average Bonchev–Trinajstić information content (AvgIpc) is 3.03. The minimum absolute atomic E-state index is 0.0812. The van der Waals surface area contributed by atoms with E-state index in [0.717, 1.165) is 12.3 Å². The molecule has 4 saturated carbocycles. The summed E-state index contributed by atoms with van der Waals surface area (Å²) in [5.41, 5.74) is -0.162. The first-order valence-electron chi connectivity index (χ1n) is 17.0. The molecular formula is C34H60Cl2O2P2Pd. The van der Waals surface area contributed by atoms with Crippen molar-refractivity contribution in [3.05, 3.63) is 24.3 Å². The van der Waals surface area contributed by atoms with Crippen LogP contribution in [0.2, 0.25) is 0 Å². The van der Waals surface area contributed by atoms with Crippen molar-refractivity contribution in [1.82, 2.24) is 0 Å². The summed E-state index contributed by atoms with van der Waals surface area (Å²) in [6, 6.07) is 0. The molecule has 0 aromatic carbocycles. The van der Waals surface area contributed by atoms with Crippen LogP contribution >= 0.6 is 32.6 Å². The molecule has 0 heterocycles. The van der Waals surface area contributed by atoms with E-state index in [1.54, 1.807) is 0 Å². The number of rotatable bonds is 14. The molecule has 0 radical (unpaired) electrons. The first kappa shape index (κ1) is 35.4. The molecule has 0 amide bonds. The van der Waals surface area contributed by atoms with Gasteiger partial charge in [-0.2, -0.15) is 0 Å². The summed E-state index contributed by atoms with van der Waals surface area (Å²) in [6.07, 6.45) is 38.8. The van der Waals surface area contributed by atoms with Crippen molar-refractivity contribution in [3.8, 4) is 0 Å². The fourth-order valence-electron chi connectivity index (χ4n) is 8.99. The Morgan fingerprint density at radius 3 is 1.05 bits per heavy atom. The van der Waals surface area contributed by atoms with Crippen molar-refractivity contribution in [3.63, 3.8) is 0 Å². The molecule has 7 heteroatoms.